The molecule has 0 radical (unpaired) electrons. The summed E-state index contributed by atoms with van der Waals surface area (Å²) in [5.74, 6) is 1.33. The SMILES string of the molecule is Cc1oncc1-c1nnc(C(Cl)c2ccccc2)o1. The molecular formula is C13H10ClN3O2. The third-order valence-electron chi connectivity index (χ3n) is 2.73. The summed E-state index contributed by atoms with van der Waals surface area (Å²) in [5.41, 5.74) is 1.58. The van der Waals surface area contributed by atoms with Gasteiger partial charge in [0.2, 0.25) is 5.89 Å². The molecule has 0 bridgehead atoms. The summed E-state index contributed by atoms with van der Waals surface area (Å²) in [7, 11) is 0. The van der Waals surface area contributed by atoms with Crippen molar-refractivity contribution in [3.8, 4) is 11.5 Å². The number of alkyl halides is 1. The van der Waals surface area contributed by atoms with Crippen LogP contribution in [0.3, 0.4) is 0 Å². The Balaban J connectivity index is 1.92. The Bertz CT molecular complexity index is 678. The Hall–Kier alpha value is -2.14. The molecule has 0 aliphatic carbocycles. The summed E-state index contributed by atoms with van der Waals surface area (Å²) >= 11 is 6.31. The van der Waals surface area contributed by atoms with Crippen LogP contribution in [0.1, 0.15) is 22.6 Å². The van der Waals surface area contributed by atoms with Crippen molar-refractivity contribution in [2.75, 3.05) is 0 Å². The normalized spacial score (nSPS) is 12.5. The first-order valence-electron chi connectivity index (χ1n) is 5.70. The maximum absolute atomic E-state index is 6.31. The van der Waals surface area contributed by atoms with Gasteiger partial charge in [-0.05, 0) is 12.5 Å². The molecule has 1 atom stereocenters. The molecule has 0 spiro atoms. The Kier molecular flexibility index (Phi) is 3.05. The van der Waals surface area contributed by atoms with Crippen molar-refractivity contribution in [3.05, 3.63) is 53.7 Å². The molecule has 19 heavy (non-hydrogen) atoms. The molecule has 0 fully saturated rings. The van der Waals surface area contributed by atoms with Crippen molar-refractivity contribution in [1.82, 2.24) is 15.4 Å². The average molecular weight is 276 g/mol. The average Bonchev–Trinajstić information content (AvgIpc) is 3.07. The van der Waals surface area contributed by atoms with Crippen molar-refractivity contribution in [2.24, 2.45) is 0 Å². The standard InChI is InChI=1S/C13H10ClN3O2/c1-8-10(7-15-19-8)12-16-17-13(18-12)11(14)9-5-3-2-4-6-9/h2-7,11H,1H3. The summed E-state index contributed by atoms with van der Waals surface area (Å²) < 4.78 is 10.5. The number of halogens is 1. The van der Waals surface area contributed by atoms with Gasteiger partial charge in [0, 0.05) is 0 Å². The van der Waals surface area contributed by atoms with Crippen molar-refractivity contribution in [2.45, 2.75) is 12.3 Å². The minimum Gasteiger partial charge on any atom is -0.419 e. The van der Waals surface area contributed by atoms with Crippen molar-refractivity contribution < 1.29 is 8.94 Å². The van der Waals surface area contributed by atoms with Crippen LogP contribution < -0.4 is 0 Å². The van der Waals surface area contributed by atoms with Crippen LogP contribution in [0.15, 0.2) is 45.5 Å². The van der Waals surface area contributed by atoms with Gasteiger partial charge in [0.15, 0.2) is 0 Å². The second-order valence-electron chi connectivity index (χ2n) is 4.01. The second kappa shape index (κ2) is 4.85. The van der Waals surface area contributed by atoms with Crippen LogP contribution in [-0.4, -0.2) is 15.4 Å². The fourth-order valence-corrected chi connectivity index (χ4v) is 1.95. The van der Waals surface area contributed by atoms with E-state index in [1.54, 1.807) is 13.1 Å². The van der Waals surface area contributed by atoms with Gasteiger partial charge in [-0.25, -0.2) is 0 Å². The lowest BCUT2D eigenvalue weighted by Gasteiger charge is -2.03. The third-order valence-corrected chi connectivity index (χ3v) is 3.17. The smallest absolute Gasteiger partial charge is 0.253 e. The molecule has 5 nitrogen and oxygen atoms in total. The number of hydrogen-bond acceptors (Lipinski definition) is 5. The van der Waals surface area contributed by atoms with Gasteiger partial charge >= 0.3 is 0 Å². The van der Waals surface area contributed by atoms with Gasteiger partial charge in [0.1, 0.15) is 16.7 Å². The molecule has 0 saturated carbocycles. The molecule has 3 aromatic rings. The van der Waals surface area contributed by atoms with E-state index in [9.17, 15) is 0 Å². The van der Waals surface area contributed by atoms with Crippen LogP contribution >= 0.6 is 11.6 Å². The van der Waals surface area contributed by atoms with Crippen LogP contribution in [0.5, 0.6) is 0 Å². The number of benzene rings is 1. The fourth-order valence-electron chi connectivity index (χ4n) is 1.71. The van der Waals surface area contributed by atoms with E-state index in [1.807, 2.05) is 30.3 Å². The molecule has 0 aliphatic heterocycles. The molecule has 1 unspecified atom stereocenters. The molecular weight excluding hydrogens is 266 g/mol. The highest BCUT2D eigenvalue weighted by atomic mass is 35.5. The molecule has 6 heteroatoms. The Labute approximate surface area is 114 Å². The summed E-state index contributed by atoms with van der Waals surface area (Å²) in [6, 6.07) is 9.56. The summed E-state index contributed by atoms with van der Waals surface area (Å²) in [6.07, 6.45) is 1.54. The zero-order valence-electron chi connectivity index (χ0n) is 10.1. The van der Waals surface area contributed by atoms with Gasteiger partial charge in [-0.15, -0.1) is 21.8 Å². The topological polar surface area (TPSA) is 65.0 Å². The van der Waals surface area contributed by atoms with E-state index in [0.29, 0.717) is 23.1 Å². The summed E-state index contributed by atoms with van der Waals surface area (Å²) in [4.78, 5) is 0. The van der Waals surface area contributed by atoms with Crippen molar-refractivity contribution in [1.29, 1.82) is 0 Å². The maximum Gasteiger partial charge on any atom is 0.253 e. The van der Waals surface area contributed by atoms with Crippen LogP contribution in [0.2, 0.25) is 0 Å². The number of aromatic nitrogens is 3. The van der Waals surface area contributed by atoms with Gasteiger partial charge in [-0.1, -0.05) is 35.5 Å². The molecule has 0 N–H and O–H groups in total. The molecule has 0 aliphatic rings. The lowest BCUT2D eigenvalue weighted by molar-refractivity contribution is 0.397. The third kappa shape index (κ3) is 2.24. The van der Waals surface area contributed by atoms with E-state index < -0.39 is 5.38 Å². The fraction of sp³-hybridized carbons (Fsp3) is 0.154. The Morgan fingerprint density at radius 3 is 2.63 bits per heavy atom. The minimum atomic E-state index is -0.470. The van der Waals surface area contributed by atoms with E-state index >= 15 is 0 Å². The van der Waals surface area contributed by atoms with Crippen molar-refractivity contribution >= 4 is 11.6 Å². The monoisotopic (exact) mass is 275 g/mol. The predicted octanol–water partition coefficient (Wildman–Crippen LogP) is 3.36. The summed E-state index contributed by atoms with van der Waals surface area (Å²) in [6.45, 7) is 1.78. The zero-order valence-corrected chi connectivity index (χ0v) is 10.8. The van der Waals surface area contributed by atoms with E-state index in [-0.39, 0.29) is 0 Å². The van der Waals surface area contributed by atoms with Gasteiger partial charge in [-0.2, -0.15) is 0 Å². The van der Waals surface area contributed by atoms with E-state index in [2.05, 4.69) is 15.4 Å². The lowest BCUT2D eigenvalue weighted by atomic mass is 10.1. The molecule has 0 amide bonds. The predicted molar refractivity (Wildman–Crippen MR) is 68.7 cm³/mol. The highest BCUT2D eigenvalue weighted by Gasteiger charge is 2.20. The van der Waals surface area contributed by atoms with Gasteiger partial charge < -0.3 is 8.94 Å². The number of aryl methyl sites for hydroxylation is 1. The molecule has 0 saturated heterocycles. The van der Waals surface area contributed by atoms with E-state index in [4.69, 9.17) is 20.5 Å². The van der Waals surface area contributed by atoms with Crippen molar-refractivity contribution in [3.63, 3.8) is 0 Å². The van der Waals surface area contributed by atoms with Gasteiger partial charge in [0.25, 0.3) is 5.89 Å². The number of nitrogens with zero attached hydrogens (tertiary/aromatic N) is 3. The highest BCUT2D eigenvalue weighted by molar-refractivity contribution is 6.22. The first kappa shape index (κ1) is 11.9. The number of rotatable bonds is 3. The molecule has 3 rings (SSSR count). The quantitative estimate of drug-likeness (QED) is 0.686. The molecule has 2 heterocycles. The van der Waals surface area contributed by atoms with E-state index in [1.165, 1.54) is 0 Å². The van der Waals surface area contributed by atoms with Gasteiger partial charge in [-0.3, -0.25) is 0 Å². The molecule has 1 aromatic carbocycles. The van der Waals surface area contributed by atoms with E-state index in [0.717, 1.165) is 5.56 Å². The largest absolute Gasteiger partial charge is 0.419 e. The molecule has 2 aromatic heterocycles. The lowest BCUT2D eigenvalue weighted by Crippen LogP contribution is -1.92. The van der Waals surface area contributed by atoms with Crippen LogP contribution in [0, 0.1) is 6.92 Å². The Morgan fingerprint density at radius 1 is 1.16 bits per heavy atom. The maximum atomic E-state index is 6.31. The van der Waals surface area contributed by atoms with Crippen LogP contribution in [0.25, 0.3) is 11.5 Å². The van der Waals surface area contributed by atoms with Crippen LogP contribution in [-0.2, 0) is 0 Å². The Morgan fingerprint density at radius 2 is 1.95 bits per heavy atom. The highest BCUT2D eigenvalue weighted by Crippen LogP contribution is 2.30. The van der Waals surface area contributed by atoms with Gasteiger partial charge in [0.05, 0.1) is 6.20 Å². The first-order chi connectivity index (χ1) is 9.25. The molecule has 96 valence electrons. The zero-order chi connectivity index (χ0) is 13.2. The van der Waals surface area contributed by atoms with Crippen LogP contribution in [0.4, 0.5) is 0 Å². The minimum absolute atomic E-state index is 0.350. The first-order valence-corrected chi connectivity index (χ1v) is 6.13. The summed E-state index contributed by atoms with van der Waals surface area (Å²) in [5, 5.41) is 11.1. The second-order valence-corrected chi connectivity index (χ2v) is 4.45. The number of hydrogen-bond donors (Lipinski definition) is 0.